The molecule has 0 amide bonds. The van der Waals surface area contributed by atoms with Gasteiger partial charge in [0.1, 0.15) is 5.82 Å². The Morgan fingerprint density at radius 3 is 2.70 bits per heavy atom. The van der Waals surface area contributed by atoms with E-state index in [9.17, 15) is 4.79 Å². The minimum atomic E-state index is -1.02. The van der Waals surface area contributed by atoms with Crippen LogP contribution in [0.4, 0.5) is 11.5 Å². The molecule has 0 bridgehead atoms. The summed E-state index contributed by atoms with van der Waals surface area (Å²) in [5.41, 5.74) is 1.63. The smallest absolute Gasteiger partial charge is 0.337 e. The second-order valence-electron chi connectivity index (χ2n) is 4.07. The zero-order valence-electron chi connectivity index (χ0n) is 10.5. The summed E-state index contributed by atoms with van der Waals surface area (Å²) in [6, 6.07) is 9.88. The zero-order valence-corrected chi connectivity index (χ0v) is 11.3. The maximum absolute atomic E-state index is 10.9. The Labute approximate surface area is 120 Å². The third-order valence-electron chi connectivity index (χ3n) is 2.68. The number of anilines is 2. The first-order valence-corrected chi connectivity index (χ1v) is 6.06. The normalized spacial score (nSPS) is 9.85. The SMILES string of the molecule is Cc1nc(Nc2ccc(C#N)cc2Cl)ccc1C(=O)O. The molecule has 2 aromatic rings. The molecular weight excluding hydrogens is 278 g/mol. The molecule has 1 heterocycles. The maximum atomic E-state index is 10.9. The molecule has 0 spiro atoms. The van der Waals surface area contributed by atoms with Gasteiger partial charge in [-0.2, -0.15) is 5.26 Å². The molecule has 0 atom stereocenters. The van der Waals surface area contributed by atoms with Gasteiger partial charge in [-0.05, 0) is 37.3 Å². The van der Waals surface area contributed by atoms with Crippen molar-refractivity contribution in [1.29, 1.82) is 5.26 Å². The first-order valence-electron chi connectivity index (χ1n) is 5.69. The van der Waals surface area contributed by atoms with E-state index in [1.165, 1.54) is 6.07 Å². The number of hydrogen-bond acceptors (Lipinski definition) is 4. The van der Waals surface area contributed by atoms with Crippen molar-refractivity contribution >= 4 is 29.1 Å². The minimum absolute atomic E-state index is 0.154. The van der Waals surface area contributed by atoms with Crippen molar-refractivity contribution in [3.8, 4) is 6.07 Å². The van der Waals surface area contributed by atoms with Gasteiger partial charge >= 0.3 is 5.97 Å². The Hall–Kier alpha value is -2.58. The lowest BCUT2D eigenvalue weighted by atomic mass is 10.2. The Balaban J connectivity index is 2.29. The molecule has 0 aliphatic rings. The fraction of sp³-hybridized carbons (Fsp3) is 0.0714. The molecule has 1 aromatic heterocycles. The van der Waals surface area contributed by atoms with Crippen LogP contribution < -0.4 is 5.32 Å². The molecule has 100 valence electrons. The number of benzene rings is 1. The number of aromatic nitrogens is 1. The van der Waals surface area contributed by atoms with Gasteiger partial charge in [0.25, 0.3) is 0 Å². The summed E-state index contributed by atoms with van der Waals surface area (Å²) in [5, 5.41) is 21.1. The summed E-state index contributed by atoms with van der Waals surface area (Å²) in [7, 11) is 0. The molecule has 0 radical (unpaired) electrons. The van der Waals surface area contributed by atoms with E-state index in [2.05, 4.69) is 10.3 Å². The number of hydrogen-bond donors (Lipinski definition) is 2. The highest BCUT2D eigenvalue weighted by molar-refractivity contribution is 6.33. The van der Waals surface area contributed by atoms with Crippen molar-refractivity contribution in [3.05, 3.63) is 52.2 Å². The first kappa shape index (κ1) is 13.8. The Morgan fingerprint density at radius 1 is 1.40 bits per heavy atom. The topological polar surface area (TPSA) is 86.0 Å². The van der Waals surface area contributed by atoms with E-state index in [0.717, 1.165) is 0 Å². The minimum Gasteiger partial charge on any atom is -0.478 e. The van der Waals surface area contributed by atoms with E-state index in [1.807, 2.05) is 6.07 Å². The number of pyridine rings is 1. The number of rotatable bonds is 3. The van der Waals surface area contributed by atoms with Crippen molar-refractivity contribution in [2.45, 2.75) is 6.92 Å². The number of carboxylic acids is 1. The van der Waals surface area contributed by atoms with Gasteiger partial charge in [0.2, 0.25) is 0 Å². The summed E-state index contributed by atoms with van der Waals surface area (Å²) in [6.45, 7) is 1.62. The molecule has 0 unspecified atom stereocenters. The van der Waals surface area contributed by atoms with Crippen LogP contribution in [-0.2, 0) is 0 Å². The van der Waals surface area contributed by atoms with Crippen molar-refractivity contribution in [2.24, 2.45) is 0 Å². The predicted octanol–water partition coefficient (Wildman–Crippen LogP) is 3.36. The van der Waals surface area contributed by atoms with Crippen LogP contribution in [0.3, 0.4) is 0 Å². The monoisotopic (exact) mass is 287 g/mol. The van der Waals surface area contributed by atoms with Gasteiger partial charge in [0.15, 0.2) is 0 Å². The summed E-state index contributed by atoms with van der Waals surface area (Å²) >= 11 is 6.04. The highest BCUT2D eigenvalue weighted by Gasteiger charge is 2.09. The van der Waals surface area contributed by atoms with Crippen molar-refractivity contribution in [1.82, 2.24) is 4.98 Å². The average Bonchev–Trinajstić information content (AvgIpc) is 2.40. The van der Waals surface area contributed by atoms with Crippen LogP contribution in [0.15, 0.2) is 30.3 Å². The van der Waals surface area contributed by atoms with Gasteiger partial charge in [-0.25, -0.2) is 9.78 Å². The average molecular weight is 288 g/mol. The summed E-state index contributed by atoms with van der Waals surface area (Å²) < 4.78 is 0. The molecule has 2 N–H and O–H groups in total. The van der Waals surface area contributed by atoms with Crippen LogP contribution >= 0.6 is 11.6 Å². The van der Waals surface area contributed by atoms with Crippen LogP contribution in [0, 0.1) is 18.3 Å². The molecule has 1 aromatic carbocycles. The van der Waals surface area contributed by atoms with E-state index >= 15 is 0 Å². The lowest BCUT2D eigenvalue weighted by molar-refractivity contribution is 0.0695. The Kier molecular flexibility index (Phi) is 3.87. The predicted molar refractivity (Wildman–Crippen MR) is 75.4 cm³/mol. The van der Waals surface area contributed by atoms with Crippen LogP contribution in [0.25, 0.3) is 0 Å². The Bertz CT molecular complexity index is 723. The maximum Gasteiger partial charge on any atom is 0.337 e. The number of carboxylic acid groups (broad SMARTS) is 1. The van der Waals surface area contributed by atoms with E-state index < -0.39 is 5.97 Å². The van der Waals surface area contributed by atoms with Gasteiger partial charge in [-0.3, -0.25) is 0 Å². The van der Waals surface area contributed by atoms with Gasteiger partial charge in [-0.15, -0.1) is 0 Å². The van der Waals surface area contributed by atoms with Crippen molar-refractivity contribution in [3.63, 3.8) is 0 Å². The fourth-order valence-electron chi connectivity index (χ4n) is 1.68. The quantitative estimate of drug-likeness (QED) is 0.904. The van der Waals surface area contributed by atoms with Crippen LogP contribution in [0.2, 0.25) is 5.02 Å². The molecule has 6 heteroatoms. The number of nitrogens with zero attached hydrogens (tertiary/aromatic N) is 2. The first-order chi connectivity index (χ1) is 9.51. The van der Waals surface area contributed by atoms with Crippen molar-refractivity contribution in [2.75, 3.05) is 5.32 Å². The largest absolute Gasteiger partial charge is 0.478 e. The molecule has 0 fully saturated rings. The third kappa shape index (κ3) is 2.87. The zero-order chi connectivity index (χ0) is 14.7. The van der Waals surface area contributed by atoms with Crippen LogP contribution in [0.1, 0.15) is 21.6 Å². The molecule has 0 saturated carbocycles. The van der Waals surface area contributed by atoms with E-state index in [1.54, 1.807) is 31.2 Å². The van der Waals surface area contributed by atoms with Gasteiger partial charge in [0.05, 0.1) is 33.6 Å². The van der Waals surface area contributed by atoms with E-state index in [0.29, 0.717) is 27.8 Å². The van der Waals surface area contributed by atoms with Gasteiger partial charge in [0, 0.05) is 0 Å². The van der Waals surface area contributed by atoms with E-state index in [4.69, 9.17) is 22.0 Å². The summed E-state index contributed by atoms with van der Waals surface area (Å²) in [5.74, 6) is -0.530. The number of aromatic carboxylic acids is 1. The Morgan fingerprint density at radius 2 is 2.15 bits per heavy atom. The second kappa shape index (κ2) is 5.59. The molecule has 0 aliphatic heterocycles. The fourth-order valence-corrected chi connectivity index (χ4v) is 1.91. The number of nitriles is 1. The molecule has 5 nitrogen and oxygen atoms in total. The number of aryl methyl sites for hydroxylation is 1. The standard InChI is InChI=1S/C14H10ClN3O2/c1-8-10(14(19)20)3-5-13(17-8)18-12-4-2-9(7-16)6-11(12)15/h2-6H,1H3,(H,17,18)(H,19,20). The van der Waals surface area contributed by atoms with E-state index in [-0.39, 0.29) is 5.56 Å². The highest BCUT2D eigenvalue weighted by atomic mass is 35.5. The highest BCUT2D eigenvalue weighted by Crippen LogP contribution is 2.26. The number of carbonyl (C=O) groups is 1. The lowest BCUT2D eigenvalue weighted by Gasteiger charge is -2.09. The van der Waals surface area contributed by atoms with Gasteiger partial charge in [-0.1, -0.05) is 11.6 Å². The second-order valence-corrected chi connectivity index (χ2v) is 4.47. The summed E-state index contributed by atoms with van der Waals surface area (Å²) in [6.07, 6.45) is 0. The summed E-state index contributed by atoms with van der Waals surface area (Å²) in [4.78, 5) is 15.1. The molecule has 2 rings (SSSR count). The molecule has 0 aliphatic carbocycles. The van der Waals surface area contributed by atoms with Gasteiger partial charge < -0.3 is 10.4 Å². The lowest BCUT2D eigenvalue weighted by Crippen LogP contribution is -2.03. The molecular formula is C14H10ClN3O2. The molecule has 0 saturated heterocycles. The van der Waals surface area contributed by atoms with Crippen molar-refractivity contribution < 1.29 is 9.90 Å². The number of nitrogens with one attached hydrogen (secondary N) is 1. The van der Waals surface area contributed by atoms with Crippen LogP contribution in [-0.4, -0.2) is 16.1 Å². The number of halogens is 1. The molecule has 20 heavy (non-hydrogen) atoms. The third-order valence-corrected chi connectivity index (χ3v) is 2.99. The van der Waals surface area contributed by atoms with Crippen LogP contribution in [0.5, 0.6) is 0 Å².